The van der Waals surface area contributed by atoms with Crippen LogP contribution in [0.25, 0.3) is 0 Å². The van der Waals surface area contributed by atoms with Crippen molar-refractivity contribution in [2.24, 2.45) is 11.0 Å². The lowest BCUT2D eigenvalue weighted by atomic mass is 9.84. The first-order valence-corrected chi connectivity index (χ1v) is 14.1. The molecule has 3 aromatic carbocycles. The fraction of sp³-hybridized carbons (Fsp3) is 0.303. The Morgan fingerprint density at radius 2 is 1.66 bits per heavy atom. The second kappa shape index (κ2) is 12.7. The Balaban J connectivity index is 1.45. The van der Waals surface area contributed by atoms with Gasteiger partial charge in [0.15, 0.2) is 0 Å². The molecular formula is C33H33N3O5. The minimum atomic E-state index is -0.895. The summed E-state index contributed by atoms with van der Waals surface area (Å²) >= 11 is 0. The summed E-state index contributed by atoms with van der Waals surface area (Å²) in [5.74, 6) is -2.43. The zero-order chi connectivity index (χ0) is 28.8. The highest BCUT2D eigenvalue weighted by molar-refractivity contribution is 6.16. The summed E-state index contributed by atoms with van der Waals surface area (Å²) in [5, 5.41) is 17.7. The molecule has 3 aromatic rings. The van der Waals surface area contributed by atoms with E-state index in [0.29, 0.717) is 17.8 Å². The zero-order valence-corrected chi connectivity index (χ0v) is 22.8. The number of hydrazone groups is 1. The maximum Gasteiger partial charge on any atom is 0.303 e. The number of carbonyl (C=O) groups is 4. The van der Waals surface area contributed by atoms with Crippen LogP contribution >= 0.6 is 0 Å². The van der Waals surface area contributed by atoms with Gasteiger partial charge in [-0.3, -0.25) is 19.2 Å². The molecule has 1 saturated carbocycles. The quantitative estimate of drug-likeness (QED) is 0.361. The van der Waals surface area contributed by atoms with E-state index in [1.807, 2.05) is 54.6 Å². The van der Waals surface area contributed by atoms with E-state index in [1.165, 1.54) is 5.01 Å². The number of Topliss-reactive ketones (excluding diaryl/α,β-unsaturated/α-hetero) is 1. The number of fused-ring (bicyclic) bond motifs is 1. The molecule has 1 aliphatic heterocycles. The van der Waals surface area contributed by atoms with Crippen molar-refractivity contribution >= 4 is 35.0 Å². The summed E-state index contributed by atoms with van der Waals surface area (Å²) in [6.07, 6.45) is 4.15. The second-order valence-corrected chi connectivity index (χ2v) is 10.6. The molecule has 210 valence electrons. The van der Waals surface area contributed by atoms with Crippen LogP contribution in [0.3, 0.4) is 0 Å². The van der Waals surface area contributed by atoms with Crippen molar-refractivity contribution in [2.75, 3.05) is 11.9 Å². The number of hydrogen-bond acceptors (Lipinski definition) is 5. The number of carboxylic acids is 1. The van der Waals surface area contributed by atoms with Crippen molar-refractivity contribution in [3.63, 3.8) is 0 Å². The van der Waals surface area contributed by atoms with Crippen molar-refractivity contribution < 1.29 is 24.3 Å². The lowest BCUT2D eigenvalue weighted by Crippen LogP contribution is -2.37. The molecule has 0 saturated heterocycles. The maximum atomic E-state index is 14.1. The van der Waals surface area contributed by atoms with E-state index in [-0.39, 0.29) is 37.0 Å². The second-order valence-electron chi connectivity index (χ2n) is 10.6. The summed E-state index contributed by atoms with van der Waals surface area (Å²) in [6.45, 7) is -0.337. The maximum absolute atomic E-state index is 14.1. The first-order chi connectivity index (χ1) is 19.9. The van der Waals surface area contributed by atoms with Gasteiger partial charge in [-0.15, -0.1) is 0 Å². The predicted octanol–water partition coefficient (Wildman–Crippen LogP) is 5.17. The van der Waals surface area contributed by atoms with Crippen LogP contribution in [-0.2, 0) is 25.6 Å². The van der Waals surface area contributed by atoms with Gasteiger partial charge in [0.2, 0.25) is 5.91 Å². The molecule has 0 radical (unpaired) electrons. The molecule has 1 fully saturated rings. The van der Waals surface area contributed by atoms with E-state index >= 15 is 0 Å². The topological polar surface area (TPSA) is 116 Å². The predicted molar refractivity (Wildman–Crippen MR) is 156 cm³/mol. The Labute approximate surface area is 239 Å². The van der Waals surface area contributed by atoms with Gasteiger partial charge < -0.3 is 10.4 Å². The number of hydrogen-bond donors (Lipinski definition) is 2. The van der Waals surface area contributed by atoms with Crippen LogP contribution < -0.4 is 5.32 Å². The third-order valence-corrected chi connectivity index (χ3v) is 7.76. The van der Waals surface area contributed by atoms with Crippen molar-refractivity contribution in [3.8, 4) is 0 Å². The normalized spacial score (nSPS) is 17.0. The van der Waals surface area contributed by atoms with Crippen LogP contribution in [0.15, 0.2) is 84.0 Å². The molecule has 8 heteroatoms. The molecule has 0 spiro atoms. The van der Waals surface area contributed by atoms with E-state index < -0.39 is 17.8 Å². The fourth-order valence-corrected chi connectivity index (χ4v) is 5.68. The average molecular weight is 552 g/mol. The van der Waals surface area contributed by atoms with Crippen LogP contribution in [0.2, 0.25) is 0 Å². The number of rotatable bonds is 10. The average Bonchev–Trinajstić information content (AvgIpc) is 3.50. The Hall–Kier alpha value is -4.59. The van der Waals surface area contributed by atoms with Gasteiger partial charge in [-0.2, -0.15) is 5.10 Å². The summed E-state index contributed by atoms with van der Waals surface area (Å²) < 4.78 is 0. The number of amides is 2. The first-order valence-electron chi connectivity index (χ1n) is 14.1. The van der Waals surface area contributed by atoms with Crippen molar-refractivity contribution in [3.05, 3.63) is 101 Å². The molecule has 41 heavy (non-hydrogen) atoms. The SMILES string of the molecule is O=C(O)CCc1cccc(NC(=O)CN2N=C(c3ccccc3)c3ccccc3C(CC(=O)C3CCCC3)C2=O)c1. The van der Waals surface area contributed by atoms with Gasteiger partial charge in [0, 0.05) is 35.6 Å². The monoisotopic (exact) mass is 551 g/mol. The zero-order valence-electron chi connectivity index (χ0n) is 22.8. The summed E-state index contributed by atoms with van der Waals surface area (Å²) in [4.78, 5) is 51.6. The Kier molecular flexibility index (Phi) is 8.67. The van der Waals surface area contributed by atoms with Gasteiger partial charge in [0.05, 0.1) is 11.6 Å². The molecule has 0 aromatic heterocycles. The van der Waals surface area contributed by atoms with Gasteiger partial charge in [-0.1, -0.05) is 79.6 Å². The number of nitrogens with one attached hydrogen (secondary N) is 1. The van der Waals surface area contributed by atoms with E-state index in [1.54, 1.807) is 24.3 Å². The van der Waals surface area contributed by atoms with Gasteiger partial charge in [-0.05, 0) is 42.5 Å². The van der Waals surface area contributed by atoms with E-state index in [2.05, 4.69) is 5.32 Å². The van der Waals surface area contributed by atoms with Crippen molar-refractivity contribution in [1.29, 1.82) is 0 Å². The number of aliphatic carboxylic acids is 1. The third kappa shape index (κ3) is 6.77. The lowest BCUT2D eigenvalue weighted by Gasteiger charge is -2.22. The van der Waals surface area contributed by atoms with Crippen molar-refractivity contribution in [1.82, 2.24) is 5.01 Å². The van der Waals surface area contributed by atoms with Gasteiger partial charge in [-0.25, -0.2) is 5.01 Å². The number of aryl methyl sites for hydroxylation is 1. The Morgan fingerprint density at radius 1 is 0.927 bits per heavy atom. The van der Waals surface area contributed by atoms with Crippen LogP contribution in [-0.4, -0.2) is 45.9 Å². The molecule has 8 nitrogen and oxygen atoms in total. The summed E-state index contributed by atoms with van der Waals surface area (Å²) in [7, 11) is 0. The van der Waals surface area contributed by atoms with Crippen LogP contribution in [0.1, 0.15) is 66.7 Å². The highest BCUT2D eigenvalue weighted by atomic mass is 16.4. The molecule has 1 atom stereocenters. The minimum absolute atomic E-state index is 0.0157. The number of anilines is 1. The first kappa shape index (κ1) is 28.0. The highest BCUT2D eigenvalue weighted by Gasteiger charge is 2.36. The molecule has 2 amide bonds. The standard InChI is InChI=1S/C33H33N3O5/c37-29(23-10-4-5-11-23)20-28-26-15-6-7-16-27(26)32(24-12-2-1-3-13-24)35-36(33(28)41)21-30(38)34-25-14-8-9-22(19-25)17-18-31(39)40/h1-3,6-9,12-16,19,23,28H,4-5,10-11,17-18,20-21H2,(H,34,38)(H,39,40). The van der Waals surface area contributed by atoms with Crippen LogP contribution in [0.5, 0.6) is 0 Å². The smallest absolute Gasteiger partial charge is 0.303 e. The third-order valence-electron chi connectivity index (χ3n) is 7.76. The van der Waals surface area contributed by atoms with Crippen LogP contribution in [0, 0.1) is 5.92 Å². The summed E-state index contributed by atoms with van der Waals surface area (Å²) in [6, 6.07) is 24.0. The largest absolute Gasteiger partial charge is 0.481 e. The van der Waals surface area contributed by atoms with Crippen LogP contribution in [0.4, 0.5) is 5.69 Å². The van der Waals surface area contributed by atoms with E-state index in [4.69, 9.17) is 10.2 Å². The lowest BCUT2D eigenvalue weighted by molar-refractivity contribution is -0.137. The van der Waals surface area contributed by atoms with Gasteiger partial charge >= 0.3 is 5.97 Å². The van der Waals surface area contributed by atoms with E-state index in [0.717, 1.165) is 47.9 Å². The Morgan fingerprint density at radius 3 is 2.41 bits per heavy atom. The minimum Gasteiger partial charge on any atom is -0.481 e. The number of ketones is 1. The fourth-order valence-electron chi connectivity index (χ4n) is 5.68. The van der Waals surface area contributed by atoms with Gasteiger partial charge in [0.25, 0.3) is 5.91 Å². The molecule has 0 bridgehead atoms. The van der Waals surface area contributed by atoms with Crippen molar-refractivity contribution in [2.45, 2.75) is 50.9 Å². The molecule has 2 aliphatic rings. The molecular weight excluding hydrogens is 518 g/mol. The number of nitrogens with zero attached hydrogens (tertiary/aromatic N) is 2. The summed E-state index contributed by atoms with van der Waals surface area (Å²) in [5.41, 5.74) is 4.15. The molecule has 2 N–H and O–H groups in total. The number of carboxylic acid groups (broad SMARTS) is 1. The Bertz CT molecular complexity index is 1480. The molecule has 1 aliphatic carbocycles. The molecule has 1 unspecified atom stereocenters. The number of carbonyl (C=O) groups excluding carboxylic acids is 3. The van der Waals surface area contributed by atoms with Gasteiger partial charge in [0.1, 0.15) is 12.3 Å². The highest BCUT2D eigenvalue weighted by Crippen LogP contribution is 2.35. The molecule has 5 rings (SSSR count). The molecule has 1 heterocycles. The van der Waals surface area contributed by atoms with E-state index in [9.17, 15) is 19.2 Å². The number of benzene rings is 3.